The molecule has 1 fully saturated rings. The van der Waals surface area contributed by atoms with Gasteiger partial charge in [-0.25, -0.2) is 0 Å². The number of benzene rings is 1. The third-order valence-corrected chi connectivity index (χ3v) is 5.42. The second kappa shape index (κ2) is 5.43. The predicted octanol–water partition coefficient (Wildman–Crippen LogP) is 3.37. The second-order valence-corrected chi connectivity index (χ2v) is 7.50. The van der Waals surface area contributed by atoms with Crippen molar-refractivity contribution in [1.29, 1.82) is 0 Å². The van der Waals surface area contributed by atoms with Crippen LogP contribution in [0.5, 0.6) is 5.75 Å². The highest BCUT2D eigenvalue weighted by atomic mass is 79.9. The van der Waals surface area contributed by atoms with Crippen molar-refractivity contribution in [3.8, 4) is 5.75 Å². The van der Waals surface area contributed by atoms with Crippen molar-refractivity contribution < 1.29 is 4.74 Å². The quantitative estimate of drug-likeness (QED) is 0.919. The summed E-state index contributed by atoms with van der Waals surface area (Å²) in [6.07, 6.45) is 2.32. The second-order valence-electron chi connectivity index (χ2n) is 5.11. The van der Waals surface area contributed by atoms with Gasteiger partial charge in [0.15, 0.2) is 0 Å². The van der Waals surface area contributed by atoms with Crippen molar-refractivity contribution in [3.63, 3.8) is 0 Å². The Balaban J connectivity index is 1.69. The van der Waals surface area contributed by atoms with Gasteiger partial charge in [-0.05, 0) is 24.1 Å². The molecule has 1 saturated heterocycles. The third kappa shape index (κ3) is 2.70. The fourth-order valence-corrected chi connectivity index (χ4v) is 4.43. The van der Waals surface area contributed by atoms with Crippen molar-refractivity contribution in [2.45, 2.75) is 37.6 Å². The summed E-state index contributed by atoms with van der Waals surface area (Å²) in [5, 5.41) is 4.46. The van der Waals surface area contributed by atoms with Crippen LogP contribution in [0.15, 0.2) is 16.6 Å². The summed E-state index contributed by atoms with van der Waals surface area (Å²) < 4.78 is 6.92. The molecule has 0 spiro atoms. The van der Waals surface area contributed by atoms with E-state index < -0.39 is 0 Å². The van der Waals surface area contributed by atoms with Crippen LogP contribution in [0.3, 0.4) is 0 Å². The molecule has 4 heteroatoms. The van der Waals surface area contributed by atoms with Crippen LogP contribution in [-0.4, -0.2) is 23.7 Å². The molecule has 18 heavy (non-hydrogen) atoms. The highest BCUT2D eigenvalue weighted by Gasteiger charge is 2.22. The van der Waals surface area contributed by atoms with Crippen LogP contribution in [0.4, 0.5) is 0 Å². The van der Waals surface area contributed by atoms with Gasteiger partial charge in [-0.2, -0.15) is 11.8 Å². The van der Waals surface area contributed by atoms with Crippen LogP contribution in [0, 0.1) is 0 Å². The van der Waals surface area contributed by atoms with E-state index >= 15 is 0 Å². The zero-order chi connectivity index (χ0) is 12.5. The van der Waals surface area contributed by atoms with Crippen molar-refractivity contribution in [2.75, 3.05) is 12.4 Å². The number of nitrogens with one attached hydrogen (secondary N) is 1. The first-order valence-corrected chi connectivity index (χ1v) is 8.35. The number of thioether (sulfide) groups is 1. The molecule has 0 aliphatic carbocycles. The summed E-state index contributed by atoms with van der Waals surface area (Å²) >= 11 is 5.66. The number of fused-ring (bicyclic) bond motifs is 1. The number of hydrogen-bond acceptors (Lipinski definition) is 3. The monoisotopic (exact) mass is 327 g/mol. The van der Waals surface area contributed by atoms with Crippen molar-refractivity contribution in [3.05, 3.63) is 27.7 Å². The summed E-state index contributed by atoms with van der Waals surface area (Å²) in [7, 11) is 0. The van der Waals surface area contributed by atoms with E-state index in [1.165, 1.54) is 23.3 Å². The molecule has 1 N–H and O–H groups in total. The molecule has 0 radical (unpaired) electrons. The first kappa shape index (κ1) is 12.8. The summed E-state index contributed by atoms with van der Waals surface area (Å²) in [6.45, 7) is 4.06. The lowest BCUT2D eigenvalue weighted by atomic mass is 10.1. The van der Waals surface area contributed by atoms with Gasteiger partial charge in [-0.1, -0.05) is 22.9 Å². The normalized spacial score (nSPS) is 26.1. The molecule has 1 aromatic rings. The molecule has 2 heterocycles. The lowest BCUT2D eigenvalue weighted by Gasteiger charge is -2.14. The molecule has 3 rings (SSSR count). The van der Waals surface area contributed by atoms with Crippen LogP contribution >= 0.6 is 27.7 Å². The highest BCUT2D eigenvalue weighted by Crippen LogP contribution is 2.33. The van der Waals surface area contributed by atoms with E-state index in [9.17, 15) is 0 Å². The van der Waals surface area contributed by atoms with Gasteiger partial charge in [-0.15, -0.1) is 0 Å². The van der Waals surface area contributed by atoms with Crippen molar-refractivity contribution >= 4 is 27.7 Å². The van der Waals surface area contributed by atoms with Crippen molar-refractivity contribution in [1.82, 2.24) is 5.32 Å². The van der Waals surface area contributed by atoms with Crippen LogP contribution in [0.25, 0.3) is 0 Å². The van der Waals surface area contributed by atoms with Gasteiger partial charge in [0.2, 0.25) is 0 Å². The summed E-state index contributed by atoms with van der Waals surface area (Å²) in [4.78, 5) is 0. The zero-order valence-electron chi connectivity index (χ0n) is 10.5. The van der Waals surface area contributed by atoms with Crippen LogP contribution in [0.2, 0.25) is 0 Å². The van der Waals surface area contributed by atoms with Gasteiger partial charge in [0.25, 0.3) is 0 Å². The van der Waals surface area contributed by atoms with E-state index in [0.29, 0.717) is 6.04 Å². The minimum atomic E-state index is 0.654. The average molecular weight is 328 g/mol. The van der Waals surface area contributed by atoms with E-state index in [4.69, 9.17) is 4.74 Å². The van der Waals surface area contributed by atoms with Gasteiger partial charge in [-0.3, -0.25) is 0 Å². The first-order valence-electron chi connectivity index (χ1n) is 6.51. The summed E-state index contributed by atoms with van der Waals surface area (Å²) in [5.41, 5.74) is 2.64. The van der Waals surface area contributed by atoms with Gasteiger partial charge < -0.3 is 10.1 Å². The molecular formula is C14H18BrNOS. The number of rotatable bonds is 3. The van der Waals surface area contributed by atoms with Crippen LogP contribution in [-0.2, 0) is 13.0 Å². The Bertz CT molecular complexity index is 452. The molecule has 2 unspecified atom stereocenters. The standard InChI is InChI=1S/C14H18BrNOS/c1-9-4-13(8-18-9)16-7-11-6-12(15)5-10-2-3-17-14(10)11/h5-6,9,13,16H,2-4,7-8H2,1H3. The SMILES string of the molecule is CC1CC(NCc2cc(Br)cc3c2OCC3)CS1. The Labute approximate surface area is 121 Å². The molecule has 98 valence electrons. The molecule has 0 bridgehead atoms. The maximum atomic E-state index is 5.75. The number of ether oxygens (including phenoxy) is 1. The molecule has 2 nitrogen and oxygen atoms in total. The highest BCUT2D eigenvalue weighted by molar-refractivity contribution is 9.10. The Morgan fingerprint density at radius 3 is 3.17 bits per heavy atom. The number of halogens is 1. The molecular weight excluding hydrogens is 310 g/mol. The lowest BCUT2D eigenvalue weighted by Crippen LogP contribution is -2.28. The first-order chi connectivity index (χ1) is 8.72. The Kier molecular flexibility index (Phi) is 3.87. The molecule has 2 atom stereocenters. The van der Waals surface area contributed by atoms with Crippen molar-refractivity contribution in [2.24, 2.45) is 0 Å². The van der Waals surface area contributed by atoms with E-state index in [-0.39, 0.29) is 0 Å². The molecule has 2 aliphatic heterocycles. The largest absolute Gasteiger partial charge is 0.493 e. The maximum absolute atomic E-state index is 5.75. The van der Waals surface area contributed by atoms with Gasteiger partial charge >= 0.3 is 0 Å². The zero-order valence-corrected chi connectivity index (χ0v) is 12.9. The fraction of sp³-hybridized carbons (Fsp3) is 0.571. The van der Waals surface area contributed by atoms with Gasteiger partial charge in [0.1, 0.15) is 5.75 Å². The molecule has 1 aromatic carbocycles. The molecule has 0 saturated carbocycles. The predicted molar refractivity (Wildman–Crippen MR) is 80.5 cm³/mol. The van der Waals surface area contributed by atoms with E-state index in [0.717, 1.165) is 35.0 Å². The topological polar surface area (TPSA) is 21.3 Å². The molecule has 2 aliphatic rings. The minimum absolute atomic E-state index is 0.654. The third-order valence-electron chi connectivity index (χ3n) is 3.60. The van der Waals surface area contributed by atoms with Gasteiger partial charge in [0.05, 0.1) is 6.61 Å². The lowest BCUT2D eigenvalue weighted by molar-refractivity contribution is 0.351. The average Bonchev–Trinajstić information content (AvgIpc) is 2.94. The Hall–Kier alpha value is -0.190. The molecule has 0 aromatic heterocycles. The van der Waals surface area contributed by atoms with E-state index in [1.54, 1.807) is 0 Å². The Morgan fingerprint density at radius 2 is 2.39 bits per heavy atom. The van der Waals surface area contributed by atoms with Gasteiger partial charge in [0, 0.05) is 40.0 Å². The minimum Gasteiger partial charge on any atom is -0.493 e. The molecule has 0 amide bonds. The van der Waals surface area contributed by atoms with E-state index in [1.807, 2.05) is 0 Å². The Morgan fingerprint density at radius 1 is 1.50 bits per heavy atom. The summed E-state index contributed by atoms with van der Waals surface area (Å²) in [6, 6.07) is 5.02. The smallest absolute Gasteiger partial charge is 0.127 e. The van der Waals surface area contributed by atoms with Crippen LogP contribution in [0.1, 0.15) is 24.5 Å². The fourth-order valence-electron chi connectivity index (χ4n) is 2.69. The maximum Gasteiger partial charge on any atom is 0.127 e. The van der Waals surface area contributed by atoms with Crippen LogP contribution < -0.4 is 10.1 Å². The summed E-state index contributed by atoms with van der Waals surface area (Å²) in [5.74, 6) is 2.35. The number of hydrogen-bond donors (Lipinski definition) is 1. The van der Waals surface area contributed by atoms with E-state index in [2.05, 4.69) is 52.1 Å².